The zero-order valence-corrected chi connectivity index (χ0v) is 8.99. The van der Waals surface area contributed by atoms with Gasteiger partial charge in [-0.2, -0.15) is 0 Å². The van der Waals surface area contributed by atoms with Crippen LogP contribution < -0.4 is 10.5 Å². The molecule has 0 saturated heterocycles. The van der Waals surface area contributed by atoms with Crippen LogP contribution in [0.15, 0.2) is 18.2 Å². The minimum absolute atomic E-state index is 0. The number of rotatable bonds is 3. The summed E-state index contributed by atoms with van der Waals surface area (Å²) in [6.07, 6.45) is 0. The van der Waals surface area contributed by atoms with Gasteiger partial charge in [-0.15, -0.1) is 12.4 Å². The van der Waals surface area contributed by atoms with Gasteiger partial charge in [0.15, 0.2) is 0 Å². The van der Waals surface area contributed by atoms with E-state index in [1.165, 1.54) is 0 Å². The SMILES string of the molecule is Cc1cc(Cl)ccc1OCCN.Cl. The fourth-order valence-corrected chi connectivity index (χ4v) is 1.17. The molecule has 0 fully saturated rings. The summed E-state index contributed by atoms with van der Waals surface area (Å²) in [5.74, 6) is 0.852. The Morgan fingerprint density at radius 3 is 2.69 bits per heavy atom. The first kappa shape index (κ1) is 12.6. The lowest BCUT2D eigenvalue weighted by Gasteiger charge is -2.07. The molecule has 1 aromatic rings. The molecule has 1 rings (SSSR count). The van der Waals surface area contributed by atoms with Gasteiger partial charge in [-0.25, -0.2) is 0 Å². The Balaban J connectivity index is 0.00000144. The van der Waals surface area contributed by atoms with Crippen LogP contribution in [0.3, 0.4) is 0 Å². The minimum atomic E-state index is 0. The van der Waals surface area contributed by atoms with Gasteiger partial charge in [0.2, 0.25) is 0 Å². The number of hydrogen-bond acceptors (Lipinski definition) is 2. The molecule has 0 heterocycles. The summed E-state index contributed by atoms with van der Waals surface area (Å²) in [7, 11) is 0. The third-order valence-corrected chi connectivity index (χ3v) is 1.75. The Kier molecular flexibility index (Phi) is 5.88. The fourth-order valence-electron chi connectivity index (χ4n) is 0.944. The van der Waals surface area contributed by atoms with Crippen LogP contribution in [0.25, 0.3) is 0 Å². The molecule has 0 radical (unpaired) electrons. The smallest absolute Gasteiger partial charge is 0.122 e. The highest BCUT2D eigenvalue weighted by molar-refractivity contribution is 6.30. The summed E-state index contributed by atoms with van der Waals surface area (Å²) in [4.78, 5) is 0. The Bertz CT molecular complexity index is 266. The molecule has 0 atom stereocenters. The van der Waals surface area contributed by atoms with Gasteiger partial charge >= 0.3 is 0 Å². The lowest BCUT2D eigenvalue weighted by Crippen LogP contribution is -2.10. The van der Waals surface area contributed by atoms with Gasteiger partial charge in [0.05, 0.1) is 0 Å². The van der Waals surface area contributed by atoms with Crippen molar-refractivity contribution in [2.45, 2.75) is 6.92 Å². The van der Waals surface area contributed by atoms with E-state index in [0.29, 0.717) is 13.2 Å². The molecule has 2 N–H and O–H groups in total. The topological polar surface area (TPSA) is 35.2 Å². The summed E-state index contributed by atoms with van der Waals surface area (Å²) in [5, 5.41) is 0.729. The molecule has 0 aliphatic carbocycles. The van der Waals surface area contributed by atoms with E-state index in [1.807, 2.05) is 19.1 Å². The maximum Gasteiger partial charge on any atom is 0.122 e. The zero-order valence-electron chi connectivity index (χ0n) is 7.42. The number of ether oxygens (including phenoxy) is 1. The van der Waals surface area contributed by atoms with Gasteiger partial charge in [0.1, 0.15) is 12.4 Å². The molecule has 0 saturated carbocycles. The van der Waals surface area contributed by atoms with Crippen LogP contribution in [0.4, 0.5) is 0 Å². The van der Waals surface area contributed by atoms with Crippen molar-refractivity contribution in [1.29, 1.82) is 0 Å². The minimum Gasteiger partial charge on any atom is -0.492 e. The maximum absolute atomic E-state index is 5.77. The monoisotopic (exact) mass is 221 g/mol. The van der Waals surface area contributed by atoms with Gasteiger partial charge in [-0.05, 0) is 30.7 Å². The second-order valence-corrected chi connectivity index (χ2v) is 2.98. The molecular weight excluding hydrogens is 209 g/mol. The third-order valence-electron chi connectivity index (χ3n) is 1.51. The largest absolute Gasteiger partial charge is 0.492 e. The molecule has 0 unspecified atom stereocenters. The Hall–Kier alpha value is -0.440. The van der Waals surface area contributed by atoms with Gasteiger partial charge < -0.3 is 10.5 Å². The molecule has 0 aliphatic heterocycles. The van der Waals surface area contributed by atoms with E-state index in [4.69, 9.17) is 22.1 Å². The van der Waals surface area contributed by atoms with Crippen molar-refractivity contribution in [1.82, 2.24) is 0 Å². The Morgan fingerprint density at radius 2 is 2.15 bits per heavy atom. The predicted molar refractivity (Wildman–Crippen MR) is 58.0 cm³/mol. The molecule has 0 aromatic heterocycles. The molecule has 1 aromatic carbocycles. The lowest BCUT2D eigenvalue weighted by molar-refractivity contribution is 0.326. The van der Waals surface area contributed by atoms with Crippen LogP contribution >= 0.6 is 24.0 Å². The van der Waals surface area contributed by atoms with Gasteiger partial charge in [-0.1, -0.05) is 11.6 Å². The van der Waals surface area contributed by atoms with Gasteiger partial charge in [0, 0.05) is 11.6 Å². The van der Waals surface area contributed by atoms with E-state index >= 15 is 0 Å². The van der Waals surface area contributed by atoms with Crippen LogP contribution in [0.5, 0.6) is 5.75 Å². The van der Waals surface area contributed by atoms with Crippen molar-refractivity contribution in [3.05, 3.63) is 28.8 Å². The average Bonchev–Trinajstić information content (AvgIpc) is 2.03. The Morgan fingerprint density at radius 1 is 1.46 bits per heavy atom. The summed E-state index contributed by atoms with van der Waals surface area (Å²) in [5.41, 5.74) is 6.34. The van der Waals surface area contributed by atoms with Crippen molar-refractivity contribution in [3.63, 3.8) is 0 Å². The molecule has 0 amide bonds. The fraction of sp³-hybridized carbons (Fsp3) is 0.333. The molecule has 4 heteroatoms. The van der Waals surface area contributed by atoms with Crippen LogP contribution in [-0.4, -0.2) is 13.2 Å². The second-order valence-electron chi connectivity index (χ2n) is 2.55. The quantitative estimate of drug-likeness (QED) is 0.852. The van der Waals surface area contributed by atoms with Gasteiger partial charge in [0.25, 0.3) is 0 Å². The van der Waals surface area contributed by atoms with E-state index in [0.717, 1.165) is 16.3 Å². The summed E-state index contributed by atoms with van der Waals surface area (Å²) >= 11 is 5.77. The molecule has 0 spiro atoms. The second kappa shape index (κ2) is 6.08. The number of halogens is 2. The molecule has 2 nitrogen and oxygen atoms in total. The van der Waals surface area contributed by atoms with Crippen LogP contribution in [-0.2, 0) is 0 Å². The Labute approximate surface area is 89.4 Å². The van der Waals surface area contributed by atoms with Crippen LogP contribution in [0.2, 0.25) is 5.02 Å². The number of aryl methyl sites for hydroxylation is 1. The highest BCUT2D eigenvalue weighted by Gasteiger charge is 1.98. The lowest BCUT2D eigenvalue weighted by atomic mass is 10.2. The van der Waals surface area contributed by atoms with E-state index in [2.05, 4.69) is 0 Å². The molecule has 0 aliphatic rings. The van der Waals surface area contributed by atoms with E-state index in [1.54, 1.807) is 6.07 Å². The van der Waals surface area contributed by atoms with Crippen molar-refractivity contribution in [3.8, 4) is 5.75 Å². The van der Waals surface area contributed by atoms with Crippen molar-refractivity contribution in [2.24, 2.45) is 5.73 Å². The number of benzene rings is 1. The number of nitrogens with two attached hydrogens (primary N) is 1. The summed E-state index contributed by atoms with van der Waals surface area (Å²) < 4.78 is 5.36. The van der Waals surface area contributed by atoms with Crippen molar-refractivity contribution < 1.29 is 4.74 Å². The maximum atomic E-state index is 5.77. The van der Waals surface area contributed by atoms with Crippen LogP contribution in [0, 0.1) is 6.92 Å². The standard InChI is InChI=1S/C9H12ClNO.ClH/c1-7-6-8(10)2-3-9(7)12-5-4-11;/h2-3,6H,4-5,11H2,1H3;1H. The normalized spacial score (nSPS) is 9.15. The summed E-state index contributed by atoms with van der Waals surface area (Å²) in [6.45, 7) is 3.03. The molecule has 74 valence electrons. The highest BCUT2D eigenvalue weighted by atomic mass is 35.5. The van der Waals surface area contributed by atoms with E-state index < -0.39 is 0 Å². The summed E-state index contributed by atoms with van der Waals surface area (Å²) in [6, 6.07) is 5.53. The van der Waals surface area contributed by atoms with Crippen molar-refractivity contribution in [2.75, 3.05) is 13.2 Å². The van der Waals surface area contributed by atoms with Crippen molar-refractivity contribution >= 4 is 24.0 Å². The third kappa shape index (κ3) is 3.85. The van der Waals surface area contributed by atoms with Gasteiger partial charge in [-0.3, -0.25) is 0 Å². The molecule has 13 heavy (non-hydrogen) atoms. The van der Waals surface area contributed by atoms with E-state index in [9.17, 15) is 0 Å². The predicted octanol–water partition coefficient (Wildman–Crippen LogP) is 2.41. The average molecular weight is 222 g/mol. The first-order valence-electron chi connectivity index (χ1n) is 3.83. The highest BCUT2D eigenvalue weighted by Crippen LogP contribution is 2.21. The van der Waals surface area contributed by atoms with Crippen LogP contribution in [0.1, 0.15) is 5.56 Å². The first-order chi connectivity index (χ1) is 5.74. The molecule has 0 bridgehead atoms. The first-order valence-corrected chi connectivity index (χ1v) is 4.21. The number of hydrogen-bond donors (Lipinski definition) is 1. The zero-order chi connectivity index (χ0) is 8.97. The van der Waals surface area contributed by atoms with E-state index in [-0.39, 0.29) is 12.4 Å². The molecular formula is C9H13Cl2NO.